The lowest BCUT2D eigenvalue weighted by Crippen LogP contribution is -2.12. The van der Waals surface area contributed by atoms with Gasteiger partial charge in [-0.1, -0.05) is 26.8 Å². The highest BCUT2D eigenvalue weighted by Crippen LogP contribution is 1.72. The van der Waals surface area contributed by atoms with Crippen molar-refractivity contribution in [2.75, 3.05) is 13.1 Å². The molecule has 0 aromatic rings. The Morgan fingerprint density at radius 2 is 2.00 bits per heavy atom. The summed E-state index contributed by atoms with van der Waals surface area (Å²) >= 11 is 0. The molecule has 0 unspecified atom stereocenters. The topological polar surface area (TPSA) is 12.0 Å². The van der Waals surface area contributed by atoms with Gasteiger partial charge in [0.2, 0.25) is 0 Å². The lowest BCUT2D eigenvalue weighted by Gasteiger charge is -1.92. The van der Waals surface area contributed by atoms with Gasteiger partial charge in [0, 0.05) is 0 Å². The van der Waals surface area contributed by atoms with Crippen molar-refractivity contribution in [2.24, 2.45) is 0 Å². The molecule has 0 saturated carbocycles. The van der Waals surface area contributed by atoms with E-state index in [4.69, 9.17) is 0 Å². The van der Waals surface area contributed by atoms with Gasteiger partial charge in [-0.05, 0) is 19.5 Å². The summed E-state index contributed by atoms with van der Waals surface area (Å²) in [5, 5.41) is 3.18. The van der Waals surface area contributed by atoms with Crippen LogP contribution in [-0.4, -0.2) is 13.1 Å². The highest BCUT2D eigenvalue weighted by atomic mass is 14.8. The molecule has 0 aliphatic carbocycles. The molecule has 0 radical (unpaired) electrons. The first-order valence-electron chi connectivity index (χ1n) is 3.73. The first-order valence-corrected chi connectivity index (χ1v) is 3.73. The Morgan fingerprint density at radius 3 is 2.33 bits per heavy atom. The summed E-state index contributed by atoms with van der Waals surface area (Å²) in [6, 6.07) is 0. The lowest BCUT2D eigenvalue weighted by atomic mass is 10.4. The van der Waals surface area contributed by atoms with E-state index < -0.39 is 0 Å². The molecule has 1 nitrogen and oxygen atoms in total. The predicted octanol–water partition coefficient (Wildman–Crippen LogP) is 2.20. The van der Waals surface area contributed by atoms with Crippen LogP contribution in [0.1, 0.15) is 27.2 Å². The summed E-state index contributed by atoms with van der Waals surface area (Å²) in [5.41, 5.74) is 0. The molecule has 0 aliphatic heterocycles. The molecule has 1 N–H and O–H groups in total. The zero-order valence-electron chi connectivity index (χ0n) is 6.91. The smallest absolute Gasteiger partial charge is 0.00145 e. The Labute approximate surface area is 59.2 Å². The maximum absolute atomic E-state index is 3.59. The van der Waals surface area contributed by atoms with E-state index in [1.54, 1.807) is 0 Å². The van der Waals surface area contributed by atoms with E-state index in [1.165, 1.54) is 0 Å². The SMILES string of the molecule is C=CCCNCC.CC. The van der Waals surface area contributed by atoms with Crippen molar-refractivity contribution in [3.63, 3.8) is 0 Å². The highest BCUT2D eigenvalue weighted by Gasteiger charge is 1.74. The minimum atomic E-state index is 1.06. The van der Waals surface area contributed by atoms with Gasteiger partial charge in [0.25, 0.3) is 0 Å². The van der Waals surface area contributed by atoms with Crippen LogP contribution in [0, 0.1) is 0 Å². The standard InChI is InChI=1S/C6H13N.C2H6/c1-3-5-6-7-4-2;1-2/h3,7H,1,4-6H2,2H3;1-2H3. The number of rotatable bonds is 4. The van der Waals surface area contributed by atoms with Gasteiger partial charge in [-0.3, -0.25) is 0 Å². The molecule has 0 aliphatic rings. The molecule has 0 rings (SSSR count). The summed E-state index contributed by atoms with van der Waals surface area (Å²) in [6.45, 7) is 11.8. The Bertz CT molecular complexity index is 41.8. The van der Waals surface area contributed by atoms with Crippen molar-refractivity contribution in [1.82, 2.24) is 5.32 Å². The summed E-state index contributed by atoms with van der Waals surface area (Å²) in [6.07, 6.45) is 3.00. The second-order valence-corrected chi connectivity index (χ2v) is 1.43. The average molecular weight is 129 g/mol. The van der Waals surface area contributed by atoms with E-state index >= 15 is 0 Å². The number of hydrogen-bond acceptors (Lipinski definition) is 1. The quantitative estimate of drug-likeness (QED) is 0.453. The predicted molar refractivity (Wildman–Crippen MR) is 44.7 cm³/mol. The van der Waals surface area contributed by atoms with Crippen LogP contribution in [-0.2, 0) is 0 Å². The van der Waals surface area contributed by atoms with E-state index in [0.29, 0.717) is 0 Å². The molecule has 0 aromatic carbocycles. The van der Waals surface area contributed by atoms with Crippen molar-refractivity contribution in [2.45, 2.75) is 27.2 Å². The van der Waals surface area contributed by atoms with Crippen molar-refractivity contribution in [1.29, 1.82) is 0 Å². The third-order valence-electron chi connectivity index (χ3n) is 0.775. The molecule has 0 atom stereocenters. The molecule has 0 spiro atoms. The summed E-state index contributed by atoms with van der Waals surface area (Å²) in [5.74, 6) is 0. The van der Waals surface area contributed by atoms with Crippen molar-refractivity contribution >= 4 is 0 Å². The van der Waals surface area contributed by atoms with Crippen LogP contribution >= 0.6 is 0 Å². The maximum Gasteiger partial charge on any atom is -0.00145 e. The van der Waals surface area contributed by atoms with Gasteiger partial charge in [0.15, 0.2) is 0 Å². The van der Waals surface area contributed by atoms with E-state index in [1.807, 2.05) is 19.9 Å². The molecule has 0 bridgehead atoms. The minimum Gasteiger partial charge on any atom is -0.317 e. The Morgan fingerprint density at radius 1 is 1.44 bits per heavy atom. The lowest BCUT2D eigenvalue weighted by molar-refractivity contribution is 0.727. The molecular weight excluding hydrogens is 110 g/mol. The summed E-state index contributed by atoms with van der Waals surface area (Å²) in [4.78, 5) is 0. The Balaban J connectivity index is 0. The van der Waals surface area contributed by atoms with Crippen LogP contribution in [0.5, 0.6) is 0 Å². The second-order valence-electron chi connectivity index (χ2n) is 1.43. The zero-order valence-corrected chi connectivity index (χ0v) is 6.91. The zero-order chi connectivity index (χ0) is 7.54. The highest BCUT2D eigenvalue weighted by molar-refractivity contribution is 4.66. The third kappa shape index (κ3) is 18.3. The van der Waals surface area contributed by atoms with Gasteiger partial charge < -0.3 is 5.32 Å². The molecule has 56 valence electrons. The van der Waals surface area contributed by atoms with Gasteiger partial charge in [0.05, 0.1) is 0 Å². The fraction of sp³-hybridized carbons (Fsp3) is 0.750. The van der Waals surface area contributed by atoms with E-state index in [9.17, 15) is 0 Å². The molecule has 0 aromatic heterocycles. The van der Waals surface area contributed by atoms with Crippen LogP contribution in [0.15, 0.2) is 12.7 Å². The van der Waals surface area contributed by atoms with Crippen LogP contribution in [0.3, 0.4) is 0 Å². The normalized spacial score (nSPS) is 7.44. The van der Waals surface area contributed by atoms with Crippen molar-refractivity contribution in [3.8, 4) is 0 Å². The molecule has 0 heterocycles. The fourth-order valence-corrected chi connectivity index (χ4v) is 0.381. The van der Waals surface area contributed by atoms with Gasteiger partial charge in [-0.2, -0.15) is 0 Å². The van der Waals surface area contributed by atoms with Gasteiger partial charge in [-0.15, -0.1) is 6.58 Å². The van der Waals surface area contributed by atoms with Crippen LogP contribution < -0.4 is 5.32 Å². The average Bonchev–Trinajstić information content (AvgIpc) is 1.94. The first kappa shape index (κ1) is 11.5. The number of nitrogens with one attached hydrogen (secondary N) is 1. The van der Waals surface area contributed by atoms with Gasteiger partial charge in [0.1, 0.15) is 0 Å². The minimum absolute atomic E-state index is 1.06. The largest absolute Gasteiger partial charge is 0.317 e. The fourth-order valence-electron chi connectivity index (χ4n) is 0.381. The van der Waals surface area contributed by atoms with E-state index in [-0.39, 0.29) is 0 Å². The molecule has 0 saturated heterocycles. The Kier molecular flexibility index (Phi) is 20.0. The molecular formula is C8H19N. The van der Waals surface area contributed by atoms with E-state index in [0.717, 1.165) is 19.5 Å². The van der Waals surface area contributed by atoms with Gasteiger partial charge in [-0.25, -0.2) is 0 Å². The molecule has 1 heteroatoms. The van der Waals surface area contributed by atoms with Crippen molar-refractivity contribution < 1.29 is 0 Å². The molecule has 0 fully saturated rings. The van der Waals surface area contributed by atoms with Crippen LogP contribution in [0.25, 0.3) is 0 Å². The first-order chi connectivity index (χ1) is 4.41. The van der Waals surface area contributed by atoms with E-state index in [2.05, 4.69) is 18.8 Å². The van der Waals surface area contributed by atoms with Crippen molar-refractivity contribution in [3.05, 3.63) is 12.7 Å². The second kappa shape index (κ2) is 15.6. The maximum atomic E-state index is 3.59. The number of hydrogen-bond donors (Lipinski definition) is 1. The van der Waals surface area contributed by atoms with Crippen LogP contribution in [0.4, 0.5) is 0 Å². The summed E-state index contributed by atoms with van der Waals surface area (Å²) < 4.78 is 0. The molecule has 9 heavy (non-hydrogen) atoms. The van der Waals surface area contributed by atoms with Crippen LogP contribution in [0.2, 0.25) is 0 Å². The van der Waals surface area contributed by atoms with Gasteiger partial charge >= 0.3 is 0 Å². The summed E-state index contributed by atoms with van der Waals surface area (Å²) in [7, 11) is 0. The molecule has 0 amide bonds. The monoisotopic (exact) mass is 129 g/mol. The Hall–Kier alpha value is -0.300. The third-order valence-corrected chi connectivity index (χ3v) is 0.775.